The summed E-state index contributed by atoms with van der Waals surface area (Å²) in [6, 6.07) is 2.58. The van der Waals surface area contributed by atoms with E-state index in [1.54, 1.807) is 0 Å². The molecular formula is C20H29N3O3. The number of rotatable bonds is 6. The van der Waals surface area contributed by atoms with E-state index in [9.17, 15) is 9.90 Å². The molecule has 1 aliphatic heterocycles. The third kappa shape index (κ3) is 3.70. The molecular weight excluding hydrogens is 330 g/mol. The van der Waals surface area contributed by atoms with Gasteiger partial charge in [0.2, 0.25) is 0 Å². The molecule has 0 spiro atoms. The minimum Gasteiger partial charge on any atom is -0.491 e. The summed E-state index contributed by atoms with van der Waals surface area (Å²) in [6.45, 7) is 7.60. The maximum absolute atomic E-state index is 11.4. The van der Waals surface area contributed by atoms with Crippen molar-refractivity contribution in [2.75, 3.05) is 18.1 Å². The number of hydrogen-bond donors (Lipinski definition) is 1. The lowest BCUT2D eigenvalue weighted by Crippen LogP contribution is -2.44. The summed E-state index contributed by atoms with van der Waals surface area (Å²) in [5, 5.41) is 14.7. The largest absolute Gasteiger partial charge is 0.491 e. The molecule has 3 atom stereocenters. The summed E-state index contributed by atoms with van der Waals surface area (Å²) in [5.74, 6) is 1.54. The highest BCUT2D eigenvalue weighted by Gasteiger charge is 2.28. The topological polar surface area (TPSA) is 67.6 Å². The van der Waals surface area contributed by atoms with Crippen LogP contribution in [0.4, 0.5) is 5.82 Å². The SMILES string of the molecule is CC1C=CC(OC[C@@H]2CCCCN2c2ccnn2C(C)C)=C(C=O)C1O. The van der Waals surface area contributed by atoms with E-state index in [4.69, 9.17) is 4.74 Å². The first-order chi connectivity index (χ1) is 12.5. The number of allylic oxidation sites excluding steroid dienone is 1. The van der Waals surface area contributed by atoms with Crippen molar-refractivity contribution in [2.45, 2.75) is 58.2 Å². The molecule has 1 saturated heterocycles. The van der Waals surface area contributed by atoms with Gasteiger partial charge >= 0.3 is 0 Å². The second kappa shape index (κ2) is 8.08. The Kier molecular flexibility index (Phi) is 5.81. The smallest absolute Gasteiger partial charge is 0.152 e. The third-order valence-corrected chi connectivity index (χ3v) is 5.27. The van der Waals surface area contributed by atoms with E-state index in [1.807, 2.05) is 30.0 Å². The van der Waals surface area contributed by atoms with Crippen molar-refractivity contribution in [3.05, 3.63) is 35.7 Å². The number of aliphatic hydroxyl groups excluding tert-OH is 1. The van der Waals surface area contributed by atoms with Crippen LogP contribution in [-0.2, 0) is 9.53 Å². The first-order valence-electron chi connectivity index (χ1n) is 9.51. The van der Waals surface area contributed by atoms with Gasteiger partial charge < -0.3 is 14.7 Å². The zero-order valence-electron chi connectivity index (χ0n) is 15.8. The van der Waals surface area contributed by atoms with E-state index >= 15 is 0 Å². The van der Waals surface area contributed by atoms with Crippen LogP contribution in [0.15, 0.2) is 35.7 Å². The van der Waals surface area contributed by atoms with Gasteiger partial charge in [-0.1, -0.05) is 13.0 Å². The fourth-order valence-electron chi connectivity index (χ4n) is 3.72. The van der Waals surface area contributed by atoms with Gasteiger partial charge in [-0.2, -0.15) is 5.10 Å². The Morgan fingerprint density at radius 3 is 2.96 bits per heavy atom. The fourth-order valence-corrected chi connectivity index (χ4v) is 3.72. The first kappa shape index (κ1) is 18.7. The van der Waals surface area contributed by atoms with Gasteiger partial charge in [-0.05, 0) is 39.2 Å². The van der Waals surface area contributed by atoms with Crippen molar-refractivity contribution < 1.29 is 14.6 Å². The number of carbonyl (C=O) groups is 1. The molecule has 142 valence electrons. The average Bonchev–Trinajstić information content (AvgIpc) is 3.13. The van der Waals surface area contributed by atoms with Crippen LogP contribution in [0.3, 0.4) is 0 Å². The second-order valence-electron chi connectivity index (χ2n) is 7.48. The normalized spacial score (nSPS) is 26.5. The zero-order chi connectivity index (χ0) is 18.7. The fraction of sp³-hybridized carbons (Fsp3) is 0.600. The summed E-state index contributed by atoms with van der Waals surface area (Å²) >= 11 is 0. The molecule has 0 aromatic carbocycles. The number of nitrogens with zero attached hydrogens (tertiary/aromatic N) is 3. The van der Waals surface area contributed by atoms with Gasteiger partial charge in [0.25, 0.3) is 0 Å². The molecule has 2 heterocycles. The summed E-state index contributed by atoms with van der Waals surface area (Å²) in [4.78, 5) is 13.8. The van der Waals surface area contributed by atoms with Gasteiger partial charge in [-0.3, -0.25) is 4.79 Å². The van der Waals surface area contributed by atoms with Gasteiger partial charge in [0.05, 0.1) is 23.9 Å². The molecule has 1 aliphatic carbocycles. The van der Waals surface area contributed by atoms with Gasteiger partial charge in [0.15, 0.2) is 6.29 Å². The predicted octanol–water partition coefficient (Wildman–Crippen LogP) is 2.86. The van der Waals surface area contributed by atoms with Gasteiger partial charge in [0.1, 0.15) is 18.2 Å². The lowest BCUT2D eigenvalue weighted by molar-refractivity contribution is -0.106. The third-order valence-electron chi connectivity index (χ3n) is 5.27. The van der Waals surface area contributed by atoms with Crippen LogP contribution in [0.1, 0.15) is 46.1 Å². The molecule has 0 amide bonds. The van der Waals surface area contributed by atoms with E-state index in [-0.39, 0.29) is 12.0 Å². The maximum atomic E-state index is 11.4. The molecule has 2 aliphatic rings. The number of carbonyl (C=O) groups excluding carboxylic acids is 1. The van der Waals surface area contributed by atoms with Crippen LogP contribution < -0.4 is 4.90 Å². The number of aliphatic hydroxyl groups is 1. The monoisotopic (exact) mass is 359 g/mol. The summed E-state index contributed by atoms with van der Waals surface area (Å²) in [5.41, 5.74) is 0.342. The van der Waals surface area contributed by atoms with Crippen molar-refractivity contribution in [1.29, 1.82) is 0 Å². The van der Waals surface area contributed by atoms with Crippen molar-refractivity contribution in [3.8, 4) is 0 Å². The van der Waals surface area contributed by atoms with Gasteiger partial charge in [-0.25, -0.2) is 4.68 Å². The van der Waals surface area contributed by atoms with E-state index < -0.39 is 6.10 Å². The van der Waals surface area contributed by atoms with E-state index in [2.05, 4.69) is 29.9 Å². The van der Waals surface area contributed by atoms with Crippen molar-refractivity contribution >= 4 is 12.1 Å². The highest BCUT2D eigenvalue weighted by atomic mass is 16.5. The van der Waals surface area contributed by atoms with Crippen molar-refractivity contribution in [2.24, 2.45) is 5.92 Å². The van der Waals surface area contributed by atoms with Crippen LogP contribution in [-0.4, -0.2) is 46.5 Å². The molecule has 1 aromatic rings. The number of ether oxygens (including phenoxy) is 1. The molecule has 0 saturated carbocycles. The predicted molar refractivity (Wildman–Crippen MR) is 101 cm³/mol. The minimum atomic E-state index is -0.794. The van der Waals surface area contributed by atoms with E-state index in [0.29, 0.717) is 30.3 Å². The molecule has 1 N–H and O–H groups in total. The summed E-state index contributed by atoms with van der Waals surface area (Å²) in [6.07, 6.45) is 8.82. The van der Waals surface area contributed by atoms with E-state index in [1.165, 1.54) is 0 Å². The maximum Gasteiger partial charge on any atom is 0.152 e. The van der Waals surface area contributed by atoms with E-state index in [0.717, 1.165) is 31.6 Å². The van der Waals surface area contributed by atoms with Crippen molar-refractivity contribution in [1.82, 2.24) is 9.78 Å². The van der Waals surface area contributed by atoms with Crippen LogP contribution >= 0.6 is 0 Å². The number of piperidine rings is 1. The molecule has 6 heteroatoms. The van der Waals surface area contributed by atoms with Gasteiger partial charge in [0, 0.05) is 24.6 Å². The lowest BCUT2D eigenvalue weighted by Gasteiger charge is -2.38. The number of hydrogen-bond acceptors (Lipinski definition) is 5. The molecule has 2 unspecified atom stereocenters. The lowest BCUT2D eigenvalue weighted by atomic mass is 9.92. The number of aldehydes is 1. The minimum absolute atomic E-state index is 0.0749. The van der Waals surface area contributed by atoms with Crippen LogP contribution in [0.2, 0.25) is 0 Å². The summed E-state index contributed by atoms with van der Waals surface area (Å²) in [7, 11) is 0. The Morgan fingerprint density at radius 1 is 1.42 bits per heavy atom. The summed E-state index contributed by atoms with van der Waals surface area (Å²) < 4.78 is 8.05. The first-order valence-corrected chi connectivity index (χ1v) is 9.51. The van der Waals surface area contributed by atoms with Gasteiger partial charge in [-0.15, -0.1) is 0 Å². The highest BCUT2D eigenvalue weighted by molar-refractivity contribution is 5.77. The Labute approximate surface area is 155 Å². The van der Waals surface area contributed by atoms with Crippen LogP contribution in [0, 0.1) is 5.92 Å². The Balaban J connectivity index is 1.75. The van der Waals surface area contributed by atoms with Crippen LogP contribution in [0.25, 0.3) is 0 Å². The molecule has 6 nitrogen and oxygen atoms in total. The van der Waals surface area contributed by atoms with Crippen LogP contribution in [0.5, 0.6) is 0 Å². The molecule has 0 bridgehead atoms. The van der Waals surface area contributed by atoms with Crippen molar-refractivity contribution in [3.63, 3.8) is 0 Å². The standard InChI is InChI=1S/C20H29N3O3/c1-14(2)23-19(9-10-21-23)22-11-5-4-6-16(22)13-26-18-8-7-15(3)20(25)17(18)12-24/h7-10,12,14-16,20,25H,4-6,11,13H2,1-3H3/t15?,16-,20?/m0/s1. The Bertz CT molecular complexity index is 692. The molecule has 0 radical (unpaired) electrons. The quantitative estimate of drug-likeness (QED) is 0.791. The number of aromatic nitrogens is 2. The zero-order valence-corrected chi connectivity index (χ0v) is 15.8. The Hall–Kier alpha value is -2.08. The Morgan fingerprint density at radius 2 is 2.23 bits per heavy atom. The molecule has 1 aromatic heterocycles. The second-order valence-corrected chi connectivity index (χ2v) is 7.48. The highest BCUT2D eigenvalue weighted by Crippen LogP contribution is 2.29. The average molecular weight is 359 g/mol. The molecule has 26 heavy (non-hydrogen) atoms. The molecule has 1 fully saturated rings. The molecule has 3 rings (SSSR count). The number of anilines is 1.